The molecule has 118 heavy (non-hydrogen) atoms. The number of nitriles is 4. The van der Waals surface area contributed by atoms with Crippen LogP contribution in [0.4, 0.5) is 19.2 Å². The summed E-state index contributed by atoms with van der Waals surface area (Å²) in [4.78, 5) is 84.8. The SMILES string of the molecule is CC1=C(c2nc(-c3ccc(C#N)cc3)cs2)C(c2ccc3cccc(O)c3n2)NC(=O)N1.CC1=C(c2nc(-c3ccc(C#N)cc3)cs2)C(c2ccnc(Cl)c2)NC(=O)N1.COc1ccc(C2NC(=O)NC(C)=C2c2nc(-c3ccc(C#N)cc3)cs2)cn1.COc1cncc(C2NC(=O)NC(C)=C2c2nc(-c3ccc(C#N)cc3)cs2)c1. The van der Waals surface area contributed by atoms with Crippen LogP contribution in [0.25, 0.3) is 78.2 Å². The van der Waals surface area contributed by atoms with Gasteiger partial charge in [-0.2, -0.15) is 21.0 Å². The third kappa shape index (κ3) is 17.9. The number of carbonyl (C=O) groups is 4. The minimum atomic E-state index is -0.521. The minimum absolute atomic E-state index is 0.0872. The van der Waals surface area contributed by atoms with E-state index < -0.39 is 12.1 Å². The first-order chi connectivity index (χ1) is 57.2. The van der Waals surface area contributed by atoms with E-state index in [0.29, 0.717) is 55.9 Å². The average molecular weight is 1650 g/mol. The van der Waals surface area contributed by atoms with E-state index in [9.17, 15) is 24.3 Å². The number of nitrogens with one attached hydrogen (secondary N) is 8. The molecule has 4 aliphatic heterocycles. The molecule has 27 nitrogen and oxygen atoms in total. The maximum atomic E-state index is 12.3. The Labute approximate surface area is 696 Å². The number of methoxy groups -OCH3 is 2. The highest BCUT2D eigenvalue weighted by atomic mass is 35.5. The second-order valence-electron chi connectivity index (χ2n) is 26.5. The molecule has 0 aliphatic carbocycles. The molecule has 5 aromatic carbocycles. The summed E-state index contributed by atoms with van der Waals surface area (Å²) >= 11 is 12.0. The zero-order chi connectivity index (χ0) is 82.7. The Morgan fingerprint density at radius 1 is 0.415 bits per heavy atom. The van der Waals surface area contributed by atoms with E-state index in [-0.39, 0.29) is 42.0 Å². The van der Waals surface area contributed by atoms with Gasteiger partial charge in [0.25, 0.3) is 0 Å². The molecule has 0 spiro atoms. The van der Waals surface area contributed by atoms with Crippen LogP contribution in [0.5, 0.6) is 17.4 Å². The highest BCUT2D eigenvalue weighted by molar-refractivity contribution is 7.12. The molecule has 0 bridgehead atoms. The lowest BCUT2D eigenvalue weighted by molar-refractivity contribution is 0.239. The van der Waals surface area contributed by atoms with Gasteiger partial charge in [0.2, 0.25) is 5.88 Å². The molecule has 4 aliphatic rings. The van der Waals surface area contributed by atoms with E-state index in [0.717, 1.165) is 127 Å². The number of nitrogens with zero attached hydrogens (tertiary/aromatic N) is 12. The molecule has 0 radical (unpaired) electrons. The number of ether oxygens (including phenoxy) is 2. The van der Waals surface area contributed by atoms with Crippen LogP contribution in [-0.4, -0.2) is 83.3 Å². The number of urea groups is 4. The fourth-order valence-electron chi connectivity index (χ4n) is 13.2. The van der Waals surface area contributed by atoms with E-state index in [1.54, 1.807) is 112 Å². The molecule has 4 unspecified atom stereocenters. The number of amides is 8. The number of thiazole rings is 4. The van der Waals surface area contributed by atoms with Crippen molar-refractivity contribution in [1.82, 2.24) is 82.4 Å². The molecule has 582 valence electrons. The van der Waals surface area contributed by atoms with Crippen LogP contribution in [0.2, 0.25) is 5.15 Å². The maximum absolute atomic E-state index is 12.3. The largest absolute Gasteiger partial charge is 0.506 e. The molecule has 32 heteroatoms. The number of benzene rings is 5. The Morgan fingerprint density at radius 2 is 0.814 bits per heavy atom. The lowest BCUT2D eigenvalue weighted by Crippen LogP contribution is -2.43. The van der Waals surface area contributed by atoms with Crippen LogP contribution >= 0.6 is 56.9 Å². The standard InChI is InChI=1S/C24H17N5O2S.2C21H17N5O2S.C20H14ClN5OS/c1-13-20(23-28-18(12-32-23)15-7-5-14(11-25)6-8-15)22(29-24(31)26-13)17-10-9-16-3-2-4-19(30)21(16)27-17;1-12-18(19(26-21(27)24-12)15-7-16(28-2)10-23-9-15)20-25-17(11-29-20)14-5-3-13(8-22)4-6-14;1-12-18(19(26-21(27)24-12)15-7-8-17(28-2)23-10-15)20-25-16(11-29-20)14-5-3-13(9-22)4-6-14;1-11-17(18(26-20(27)24-11)14-6-7-23-16(21)8-14)19-25-15(10-28-19)13-4-2-12(9-22)3-5-13/h2-10,12,22,30H,1H3,(H2,26,29,31);3-7,9-11,19H,1-2H3,(H2,24,26,27);3-8,10-11,19H,1-2H3,(H2,24,26,27);2-8,10,18H,1H3,(H2,24,26,27). The van der Waals surface area contributed by atoms with Crippen molar-refractivity contribution >= 4 is 114 Å². The summed E-state index contributed by atoms with van der Waals surface area (Å²) in [7, 11) is 3.14. The van der Waals surface area contributed by atoms with E-state index in [2.05, 4.69) is 86.7 Å². The molecule has 8 aromatic heterocycles. The minimum Gasteiger partial charge on any atom is -0.506 e. The van der Waals surface area contributed by atoms with Gasteiger partial charge in [-0.1, -0.05) is 78.3 Å². The van der Waals surface area contributed by atoms with Crippen molar-refractivity contribution in [2.75, 3.05) is 14.2 Å². The zero-order valence-corrected chi connectivity index (χ0v) is 67.2. The van der Waals surface area contributed by atoms with Gasteiger partial charge in [-0.3, -0.25) is 4.98 Å². The number of phenols is 1. The first kappa shape index (κ1) is 79.8. The van der Waals surface area contributed by atoms with Crippen LogP contribution < -0.4 is 52.0 Å². The number of carbonyl (C=O) groups excluding carboxylic acids is 4. The Morgan fingerprint density at radius 3 is 1.19 bits per heavy atom. The van der Waals surface area contributed by atoms with Crippen LogP contribution in [0, 0.1) is 45.3 Å². The van der Waals surface area contributed by atoms with Crippen molar-refractivity contribution in [3.8, 4) is 86.7 Å². The fraction of sp³-hybridized carbons (Fsp3) is 0.116. The molecule has 8 amide bonds. The van der Waals surface area contributed by atoms with Crippen LogP contribution in [0.1, 0.15) is 117 Å². The topological polar surface area (TPSA) is 401 Å². The number of fused-ring (bicyclic) bond motifs is 1. The molecule has 17 rings (SSSR count). The van der Waals surface area contributed by atoms with E-state index >= 15 is 0 Å². The number of phenolic OH excluding ortho intramolecular Hbond substituents is 1. The summed E-state index contributed by atoms with van der Waals surface area (Å²) in [6.45, 7) is 7.41. The Bertz CT molecular complexity index is 6370. The van der Waals surface area contributed by atoms with Gasteiger partial charge in [0.1, 0.15) is 48.2 Å². The smallest absolute Gasteiger partial charge is 0.319 e. The molecule has 9 N–H and O–H groups in total. The fourth-order valence-corrected chi connectivity index (χ4v) is 17.2. The number of para-hydroxylation sites is 1. The van der Waals surface area contributed by atoms with Crippen LogP contribution in [0.15, 0.2) is 227 Å². The second-order valence-corrected chi connectivity index (χ2v) is 30.3. The average Bonchev–Trinajstić information content (AvgIpc) is 1.11. The highest BCUT2D eigenvalue weighted by Crippen LogP contribution is 2.43. The van der Waals surface area contributed by atoms with Gasteiger partial charge >= 0.3 is 24.1 Å². The number of hydrogen-bond donors (Lipinski definition) is 9. The highest BCUT2D eigenvalue weighted by Gasteiger charge is 2.35. The van der Waals surface area contributed by atoms with Crippen LogP contribution in [0.3, 0.4) is 0 Å². The van der Waals surface area contributed by atoms with Crippen LogP contribution in [-0.2, 0) is 0 Å². The molecule has 12 heterocycles. The number of aromatic nitrogens is 8. The summed E-state index contributed by atoms with van der Waals surface area (Å²) in [5, 5.41) is 81.4. The van der Waals surface area contributed by atoms with Crippen molar-refractivity contribution in [2.24, 2.45) is 0 Å². The van der Waals surface area contributed by atoms with Gasteiger partial charge < -0.3 is 57.1 Å². The maximum Gasteiger partial charge on any atom is 0.319 e. The molecule has 0 saturated carbocycles. The first-order valence-corrected chi connectivity index (χ1v) is 39.8. The monoisotopic (exact) mass is 1650 g/mol. The Hall–Kier alpha value is -14.8. The Balaban J connectivity index is 0.000000129. The van der Waals surface area contributed by atoms with Gasteiger partial charge in [0.05, 0.1) is 114 Å². The number of halogens is 1. The predicted octanol–water partition coefficient (Wildman–Crippen LogP) is 17.0. The number of pyridine rings is 4. The van der Waals surface area contributed by atoms with Crippen molar-refractivity contribution in [3.05, 3.63) is 297 Å². The second kappa shape index (κ2) is 35.7. The summed E-state index contributed by atoms with van der Waals surface area (Å²) < 4.78 is 10.4. The number of aromatic hydroxyl groups is 1. The summed E-state index contributed by atoms with van der Waals surface area (Å²) in [5.41, 5.74) is 19.3. The lowest BCUT2D eigenvalue weighted by atomic mass is 9.97. The van der Waals surface area contributed by atoms with Crippen molar-refractivity contribution in [2.45, 2.75) is 51.9 Å². The Kier molecular flexibility index (Phi) is 24.1. The van der Waals surface area contributed by atoms with E-state index in [4.69, 9.17) is 62.1 Å². The third-order valence-electron chi connectivity index (χ3n) is 19.0. The molecule has 0 fully saturated rings. The molecule has 13 aromatic rings. The van der Waals surface area contributed by atoms with Gasteiger partial charge in [-0.05, 0) is 124 Å². The molecular weight excluding hydrogens is 1590 g/mol. The normalized spacial score (nSPS) is 16.1. The van der Waals surface area contributed by atoms with Gasteiger partial charge in [-0.25, -0.2) is 54.1 Å². The zero-order valence-electron chi connectivity index (χ0n) is 63.2. The van der Waals surface area contributed by atoms with Gasteiger partial charge in [0, 0.05) is 124 Å². The predicted molar refractivity (Wildman–Crippen MR) is 451 cm³/mol. The first-order valence-electron chi connectivity index (χ1n) is 35.9. The number of hydrogen-bond acceptors (Lipinski definition) is 23. The lowest BCUT2D eigenvalue weighted by Gasteiger charge is -2.28. The van der Waals surface area contributed by atoms with Gasteiger partial charge in [-0.15, -0.1) is 45.3 Å². The molecule has 0 saturated heterocycles. The summed E-state index contributed by atoms with van der Waals surface area (Å²) in [5.74, 6) is 1.21. The van der Waals surface area contributed by atoms with Crippen molar-refractivity contribution < 1.29 is 33.8 Å². The van der Waals surface area contributed by atoms with Crippen molar-refractivity contribution in [3.63, 3.8) is 0 Å². The van der Waals surface area contributed by atoms with E-state index in [1.165, 1.54) is 45.3 Å². The summed E-state index contributed by atoms with van der Waals surface area (Å²) in [6.07, 6.45) is 6.64. The number of allylic oxidation sites excluding steroid dienone is 4. The number of rotatable bonds is 14. The van der Waals surface area contributed by atoms with Gasteiger partial charge in [0.15, 0.2) is 0 Å². The molecular formula is C86H65ClN20O7S4. The quantitative estimate of drug-likeness (QED) is 0.0457. The molecule has 4 atom stereocenters. The van der Waals surface area contributed by atoms with Crippen molar-refractivity contribution in [1.29, 1.82) is 21.0 Å². The third-order valence-corrected chi connectivity index (χ3v) is 22.7. The summed E-state index contributed by atoms with van der Waals surface area (Å²) in [6, 6.07) is 52.8. The van der Waals surface area contributed by atoms with E-state index in [1.807, 2.05) is 134 Å².